The summed E-state index contributed by atoms with van der Waals surface area (Å²) in [6, 6.07) is 37.9. The van der Waals surface area contributed by atoms with Crippen molar-refractivity contribution in [2.75, 3.05) is 0 Å². The number of furan rings is 1. The van der Waals surface area contributed by atoms with Gasteiger partial charge in [0.1, 0.15) is 5.58 Å². The average molecular weight is 822 g/mol. The molecule has 4 aromatic carbocycles. The van der Waals surface area contributed by atoms with Gasteiger partial charge in [-0.3, -0.25) is 4.98 Å². The first kappa shape index (κ1) is 34.5. The van der Waals surface area contributed by atoms with Crippen molar-refractivity contribution in [3.8, 4) is 22.6 Å². The second-order valence-corrected chi connectivity index (χ2v) is 15.4. The number of hydrogen-bond acceptors (Lipinski definition) is 3. The maximum atomic E-state index is 6.11. The van der Waals surface area contributed by atoms with Crippen molar-refractivity contribution >= 4 is 38.5 Å². The summed E-state index contributed by atoms with van der Waals surface area (Å²) in [6.45, 7) is 15.9. The molecule has 0 fully saturated rings. The van der Waals surface area contributed by atoms with E-state index in [1.54, 1.807) is 0 Å². The predicted molar refractivity (Wildman–Crippen MR) is 200 cm³/mol. The molecule has 0 N–H and O–H groups in total. The summed E-state index contributed by atoms with van der Waals surface area (Å²) in [5.41, 5.74) is 11.6. The van der Waals surface area contributed by atoms with Crippen molar-refractivity contribution in [3.05, 3.63) is 127 Å². The smallest absolute Gasteiger partial charge is 0.120 e. The molecule has 5 heteroatoms. The molecule has 1 aliphatic rings. The zero-order valence-electron chi connectivity index (χ0n) is 29.4. The Hall–Kier alpha value is -4.31. The second kappa shape index (κ2) is 13.5. The normalized spacial score (nSPS) is 14.3. The van der Waals surface area contributed by atoms with E-state index in [0.29, 0.717) is 6.04 Å². The summed E-state index contributed by atoms with van der Waals surface area (Å²) in [4.78, 5) is 9.50. The largest absolute Gasteiger partial charge is 0.501 e. The van der Waals surface area contributed by atoms with E-state index in [4.69, 9.17) is 9.40 Å². The fourth-order valence-corrected chi connectivity index (χ4v) is 6.92. The molecule has 0 aliphatic carbocycles. The number of imidazole rings is 1. The molecule has 7 aromatic rings. The van der Waals surface area contributed by atoms with Crippen LogP contribution < -0.4 is 0 Å². The predicted octanol–water partition coefficient (Wildman–Crippen LogP) is 11.9. The Morgan fingerprint density at radius 1 is 0.796 bits per heavy atom. The molecule has 1 aliphatic heterocycles. The minimum Gasteiger partial charge on any atom is -0.501 e. The molecule has 1 unspecified atom stereocenters. The summed E-state index contributed by atoms with van der Waals surface area (Å²) in [5.74, 6) is 1.01. The van der Waals surface area contributed by atoms with Crippen molar-refractivity contribution in [2.45, 2.75) is 67.3 Å². The van der Waals surface area contributed by atoms with Gasteiger partial charge in [-0.2, -0.15) is 0 Å². The minimum atomic E-state index is 0. The van der Waals surface area contributed by atoms with Crippen LogP contribution in [0.15, 0.2) is 108 Å². The van der Waals surface area contributed by atoms with Gasteiger partial charge >= 0.3 is 0 Å². The van der Waals surface area contributed by atoms with Crippen LogP contribution in [0.5, 0.6) is 0 Å². The molecule has 0 amide bonds. The molecule has 1 atom stereocenters. The Bertz CT molecular complexity index is 2280. The van der Waals surface area contributed by atoms with Gasteiger partial charge in [-0.15, -0.1) is 54.1 Å². The Balaban J connectivity index is 0.000000167. The number of pyridine rings is 1. The molecule has 0 saturated heterocycles. The number of nitrogens with zero attached hydrogens (tertiary/aromatic N) is 3. The van der Waals surface area contributed by atoms with E-state index < -0.39 is 0 Å². The van der Waals surface area contributed by atoms with Crippen molar-refractivity contribution in [1.82, 2.24) is 14.5 Å². The van der Waals surface area contributed by atoms with Crippen LogP contribution >= 0.6 is 0 Å². The van der Waals surface area contributed by atoms with Crippen LogP contribution in [-0.2, 0) is 26.5 Å². The molecule has 1 radical (unpaired) electrons. The van der Waals surface area contributed by atoms with Crippen LogP contribution in [0.4, 0.5) is 0 Å². The number of fused-ring (bicyclic) bond motifs is 3. The molecule has 0 bridgehead atoms. The van der Waals surface area contributed by atoms with Crippen molar-refractivity contribution < 1.29 is 24.5 Å². The van der Waals surface area contributed by atoms with Crippen molar-refractivity contribution in [2.24, 2.45) is 10.8 Å². The first-order chi connectivity index (χ1) is 22.9. The van der Waals surface area contributed by atoms with Crippen molar-refractivity contribution in [3.63, 3.8) is 0 Å². The number of allylic oxidation sites excluding steroid dienone is 2. The van der Waals surface area contributed by atoms with Gasteiger partial charge in [-0.05, 0) is 60.1 Å². The quantitative estimate of drug-likeness (QED) is 0.166. The summed E-state index contributed by atoms with van der Waals surface area (Å²) in [7, 11) is 0. The third-order valence-corrected chi connectivity index (χ3v) is 8.73. The topological polar surface area (TPSA) is 43.9 Å². The summed E-state index contributed by atoms with van der Waals surface area (Å²) in [6.07, 6.45) is 6.37. The van der Waals surface area contributed by atoms with Gasteiger partial charge in [0.25, 0.3) is 0 Å². The van der Waals surface area contributed by atoms with Crippen LogP contribution in [0.2, 0.25) is 0 Å². The third-order valence-electron chi connectivity index (χ3n) is 8.73. The van der Waals surface area contributed by atoms with Crippen LogP contribution in [0, 0.1) is 23.0 Å². The number of hydrogen-bond donors (Lipinski definition) is 0. The van der Waals surface area contributed by atoms with E-state index >= 15 is 0 Å². The SMILES string of the molecule is CC(C)(C)Cc1ccnc(-c2[c-]ccc3c2oc2ccccc23)c1.CC1C=C(CC(C)(C)C)c2cccc3nc(-c4[c-]cccc4)n1c23.[Ir]. The van der Waals surface area contributed by atoms with Crippen LogP contribution in [0.1, 0.15) is 72.1 Å². The fraction of sp³-hybridized carbons (Fsp3) is 0.273. The minimum absolute atomic E-state index is 0. The van der Waals surface area contributed by atoms with E-state index in [-0.39, 0.29) is 30.9 Å². The monoisotopic (exact) mass is 822 g/mol. The Labute approximate surface area is 303 Å². The number of para-hydroxylation sites is 2. The molecule has 4 nitrogen and oxygen atoms in total. The first-order valence-electron chi connectivity index (χ1n) is 16.9. The van der Waals surface area contributed by atoms with Crippen LogP contribution in [0.3, 0.4) is 0 Å². The number of rotatable bonds is 4. The molecule has 49 heavy (non-hydrogen) atoms. The summed E-state index contributed by atoms with van der Waals surface area (Å²) >= 11 is 0. The van der Waals surface area contributed by atoms with Gasteiger partial charge in [0.05, 0.1) is 22.4 Å². The molecule has 8 rings (SSSR count). The first-order valence-corrected chi connectivity index (χ1v) is 16.9. The maximum Gasteiger partial charge on any atom is 0.120 e. The van der Waals surface area contributed by atoms with Crippen LogP contribution in [-0.4, -0.2) is 14.5 Å². The average Bonchev–Trinajstić information content (AvgIpc) is 3.63. The standard InChI is InChI=1S/C22H23N2.C22H20NO.Ir/c1-15-13-17(14-22(2,3)4)18-11-8-12-19-20(18)24(15)21(23-19)16-9-6-5-7-10-16;1-22(2,3)14-15-11-12-23-19(13-15)18-9-6-8-17-16-7-4-5-10-20(16)24-21(17)18;/h5-9,11-13,15H,14H2,1-4H3;4-8,10-13H,14H2,1-3H3;/q2*-1;. The number of aromatic nitrogens is 3. The van der Waals surface area contributed by atoms with Crippen LogP contribution in [0.25, 0.3) is 61.2 Å². The van der Waals surface area contributed by atoms with E-state index in [1.165, 1.54) is 22.2 Å². The molecule has 251 valence electrons. The molecule has 3 aromatic heterocycles. The van der Waals surface area contributed by atoms with Crippen molar-refractivity contribution in [1.29, 1.82) is 0 Å². The van der Waals surface area contributed by atoms with E-state index in [0.717, 1.165) is 62.9 Å². The van der Waals surface area contributed by atoms with Gasteiger partial charge in [-0.25, -0.2) is 0 Å². The maximum absolute atomic E-state index is 6.11. The molecule has 0 saturated carbocycles. The fourth-order valence-electron chi connectivity index (χ4n) is 6.92. The molecular formula is C44H43IrN3O-2. The van der Waals surface area contributed by atoms with Gasteiger partial charge in [0.2, 0.25) is 0 Å². The zero-order valence-corrected chi connectivity index (χ0v) is 31.8. The molecule has 4 heterocycles. The molecular weight excluding hydrogens is 779 g/mol. The van der Waals surface area contributed by atoms with E-state index in [9.17, 15) is 0 Å². The summed E-state index contributed by atoms with van der Waals surface area (Å²) in [5, 5.41) is 2.25. The summed E-state index contributed by atoms with van der Waals surface area (Å²) < 4.78 is 8.47. The van der Waals surface area contributed by atoms with E-state index in [1.807, 2.05) is 48.7 Å². The Kier molecular flexibility index (Phi) is 9.55. The zero-order chi connectivity index (χ0) is 33.6. The van der Waals surface area contributed by atoms with Gasteiger partial charge in [-0.1, -0.05) is 101 Å². The van der Waals surface area contributed by atoms with E-state index in [2.05, 4.69) is 125 Å². The van der Waals surface area contributed by atoms with Gasteiger partial charge in [0, 0.05) is 43.3 Å². The Morgan fingerprint density at radius 2 is 1.57 bits per heavy atom. The molecule has 0 spiro atoms. The number of benzene rings is 4. The third kappa shape index (κ3) is 7.20. The van der Waals surface area contributed by atoms with Gasteiger partial charge in [0.15, 0.2) is 0 Å². The second-order valence-electron chi connectivity index (χ2n) is 15.4. The Morgan fingerprint density at radius 3 is 2.33 bits per heavy atom. The van der Waals surface area contributed by atoms with Gasteiger partial charge < -0.3 is 14.0 Å².